The van der Waals surface area contributed by atoms with E-state index in [1.54, 1.807) is 0 Å². The van der Waals surface area contributed by atoms with Gasteiger partial charge < -0.3 is 5.11 Å². The summed E-state index contributed by atoms with van der Waals surface area (Å²) in [5.41, 5.74) is 1.19. The minimum absolute atomic E-state index is 0.204. The second-order valence-electron chi connectivity index (χ2n) is 2.63. The van der Waals surface area contributed by atoms with Gasteiger partial charge in [-0.25, -0.2) is 0 Å². The van der Waals surface area contributed by atoms with Crippen LogP contribution in [-0.4, -0.2) is 11.2 Å². The first kappa shape index (κ1) is 7.55. The molecule has 0 spiro atoms. The van der Waals surface area contributed by atoms with Crippen molar-refractivity contribution in [3.05, 3.63) is 23.8 Å². The van der Waals surface area contributed by atoms with E-state index in [4.69, 9.17) is 0 Å². The van der Waals surface area contributed by atoms with Crippen molar-refractivity contribution in [1.29, 1.82) is 0 Å². The topological polar surface area (TPSA) is 20.2 Å². The Kier molecular flexibility index (Phi) is 2.69. The fourth-order valence-electron chi connectivity index (χ4n) is 1.16. The zero-order chi connectivity index (χ0) is 7.40. The summed E-state index contributed by atoms with van der Waals surface area (Å²) >= 11 is 0. The summed E-state index contributed by atoms with van der Waals surface area (Å²) in [6.45, 7) is 2.00. The van der Waals surface area contributed by atoms with Gasteiger partial charge >= 0.3 is 0 Å². The Hall–Kier alpha value is -0.560. The summed E-state index contributed by atoms with van der Waals surface area (Å²) < 4.78 is 0. The molecule has 1 rings (SSSR count). The summed E-state index contributed by atoms with van der Waals surface area (Å²) in [5.74, 6) is 0. The molecule has 0 aromatic carbocycles. The lowest BCUT2D eigenvalue weighted by Gasteiger charge is -2.13. The first-order valence-electron chi connectivity index (χ1n) is 3.88. The van der Waals surface area contributed by atoms with Crippen molar-refractivity contribution in [2.75, 3.05) is 0 Å². The molecule has 0 aromatic heterocycles. The number of hydrogen-bond acceptors (Lipinski definition) is 1. The predicted molar refractivity (Wildman–Crippen MR) is 42.8 cm³/mol. The molecule has 0 aliphatic heterocycles. The van der Waals surface area contributed by atoms with Crippen LogP contribution in [-0.2, 0) is 0 Å². The summed E-state index contributed by atoms with van der Waals surface area (Å²) in [5, 5.41) is 9.38. The molecule has 1 unspecified atom stereocenters. The highest BCUT2D eigenvalue weighted by Crippen LogP contribution is 2.16. The molecular formula is C9H14O. The third-order valence-corrected chi connectivity index (χ3v) is 1.86. The van der Waals surface area contributed by atoms with Crippen molar-refractivity contribution in [2.24, 2.45) is 0 Å². The van der Waals surface area contributed by atoms with Crippen LogP contribution >= 0.6 is 0 Å². The van der Waals surface area contributed by atoms with Gasteiger partial charge in [-0.2, -0.15) is 0 Å². The zero-order valence-corrected chi connectivity index (χ0v) is 6.38. The molecule has 1 aliphatic rings. The SMILES string of the molecule is CCC(O)C1=CC=CCC1. The van der Waals surface area contributed by atoms with Gasteiger partial charge in [0.05, 0.1) is 6.10 Å². The average molecular weight is 138 g/mol. The van der Waals surface area contributed by atoms with Crippen LogP contribution in [0.3, 0.4) is 0 Å². The van der Waals surface area contributed by atoms with Gasteiger partial charge in [0.15, 0.2) is 0 Å². The van der Waals surface area contributed by atoms with Crippen molar-refractivity contribution in [2.45, 2.75) is 32.3 Å². The molecule has 0 aromatic rings. The summed E-state index contributed by atoms with van der Waals surface area (Å²) in [4.78, 5) is 0. The Bertz CT molecular complexity index is 156. The second-order valence-corrected chi connectivity index (χ2v) is 2.63. The van der Waals surface area contributed by atoms with Crippen LogP contribution in [0.25, 0.3) is 0 Å². The van der Waals surface area contributed by atoms with Gasteiger partial charge in [0.2, 0.25) is 0 Å². The molecule has 1 heteroatoms. The van der Waals surface area contributed by atoms with Crippen molar-refractivity contribution in [3.63, 3.8) is 0 Å². The van der Waals surface area contributed by atoms with E-state index in [-0.39, 0.29) is 6.10 Å². The highest BCUT2D eigenvalue weighted by Gasteiger charge is 2.07. The van der Waals surface area contributed by atoms with E-state index < -0.39 is 0 Å². The van der Waals surface area contributed by atoms with Crippen LogP contribution in [0.5, 0.6) is 0 Å². The van der Waals surface area contributed by atoms with Crippen LogP contribution in [0.4, 0.5) is 0 Å². The normalized spacial score (nSPS) is 20.4. The quantitative estimate of drug-likeness (QED) is 0.619. The Morgan fingerprint density at radius 1 is 1.70 bits per heavy atom. The Morgan fingerprint density at radius 2 is 2.50 bits per heavy atom. The predicted octanol–water partition coefficient (Wildman–Crippen LogP) is 2.03. The Balaban J connectivity index is 2.53. The van der Waals surface area contributed by atoms with Crippen molar-refractivity contribution >= 4 is 0 Å². The molecule has 0 amide bonds. The number of hydrogen-bond donors (Lipinski definition) is 1. The summed E-state index contributed by atoms with van der Waals surface area (Å²) in [7, 11) is 0. The standard InChI is InChI=1S/C9H14O/c1-2-9(10)8-6-4-3-5-7-8/h3-4,6,9-10H,2,5,7H2,1H3. The molecule has 56 valence electrons. The Morgan fingerprint density at radius 3 is 3.00 bits per heavy atom. The van der Waals surface area contributed by atoms with E-state index >= 15 is 0 Å². The lowest BCUT2D eigenvalue weighted by molar-refractivity contribution is 0.202. The lowest BCUT2D eigenvalue weighted by Crippen LogP contribution is -2.09. The van der Waals surface area contributed by atoms with Crippen molar-refractivity contribution in [3.8, 4) is 0 Å². The van der Waals surface area contributed by atoms with Gasteiger partial charge in [-0.3, -0.25) is 0 Å². The van der Waals surface area contributed by atoms with Gasteiger partial charge in [-0.15, -0.1) is 0 Å². The van der Waals surface area contributed by atoms with Crippen LogP contribution in [0.1, 0.15) is 26.2 Å². The van der Waals surface area contributed by atoms with Crippen LogP contribution in [0.2, 0.25) is 0 Å². The molecule has 0 saturated carbocycles. The molecule has 0 radical (unpaired) electrons. The van der Waals surface area contributed by atoms with Gasteiger partial charge in [-0.05, 0) is 24.8 Å². The summed E-state index contributed by atoms with van der Waals surface area (Å²) in [6, 6.07) is 0. The lowest BCUT2D eigenvalue weighted by atomic mass is 9.99. The second kappa shape index (κ2) is 3.57. The molecule has 10 heavy (non-hydrogen) atoms. The minimum Gasteiger partial charge on any atom is -0.389 e. The summed E-state index contributed by atoms with van der Waals surface area (Å²) in [6.07, 6.45) is 8.93. The molecule has 1 nitrogen and oxygen atoms in total. The molecule has 1 N–H and O–H groups in total. The Labute approximate surface area is 62.1 Å². The number of aliphatic hydroxyl groups excluding tert-OH is 1. The van der Waals surface area contributed by atoms with Gasteiger partial charge in [0, 0.05) is 0 Å². The van der Waals surface area contributed by atoms with E-state index in [0.29, 0.717) is 0 Å². The molecule has 1 atom stereocenters. The minimum atomic E-state index is -0.204. The molecule has 0 fully saturated rings. The molecule has 0 bridgehead atoms. The van der Waals surface area contributed by atoms with Gasteiger partial charge in [0.25, 0.3) is 0 Å². The maximum Gasteiger partial charge on any atom is 0.0750 e. The van der Waals surface area contributed by atoms with E-state index in [0.717, 1.165) is 19.3 Å². The molecule has 0 heterocycles. The molecule has 0 saturated heterocycles. The first-order valence-corrected chi connectivity index (χ1v) is 3.88. The van der Waals surface area contributed by atoms with Crippen LogP contribution < -0.4 is 0 Å². The number of rotatable bonds is 2. The third kappa shape index (κ3) is 1.71. The maximum atomic E-state index is 9.38. The van der Waals surface area contributed by atoms with E-state index in [2.05, 4.69) is 6.08 Å². The molecule has 1 aliphatic carbocycles. The van der Waals surface area contributed by atoms with E-state index in [9.17, 15) is 5.11 Å². The fraction of sp³-hybridized carbons (Fsp3) is 0.556. The zero-order valence-electron chi connectivity index (χ0n) is 6.38. The van der Waals surface area contributed by atoms with Crippen molar-refractivity contribution in [1.82, 2.24) is 0 Å². The monoisotopic (exact) mass is 138 g/mol. The highest BCUT2D eigenvalue weighted by atomic mass is 16.3. The van der Waals surface area contributed by atoms with Gasteiger partial charge in [-0.1, -0.05) is 25.2 Å². The number of allylic oxidation sites excluding steroid dienone is 3. The highest BCUT2D eigenvalue weighted by molar-refractivity contribution is 5.20. The largest absolute Gasteiger partial charge is 0.389 e. The number of aliphatic hydroxyl groups is 1. The van der Waals surface area contributed by atoms with Crippen LogP contribution in [0.15, 0.2) is 23.8 Å². The third-order valence-electron chi connectivity index (χ3n) is 1.86. The van der Waals surface area contributed by atoms with Crippen molar-refractivity contribution < 1.29 is 5.11 Å². The average Bonchev–Trinajstić information content (AvgIpc) is 2.05. The van der Waals surface area contributed by atoms with E-state index in [1.165, 1.54) is 5.57 Å². The maximum absolute atomic E-state index is 9.38. The van der Waals surface area contributed by atoms with Gasteiger partial charge in [0.1, 0.15) is 0 Å². The fourth-order valence-corrected chi connectivity index (χ4v) is 1.16. The molecular weight excluding hydrogens is 124 g/mol. The van der Waals surface area contributed by atoms with E-state index in [1.807, 2.05) is 19.1 Å². The van der Waals surface area contributed by atoms with Crippen LogP contribution in [0, 0.1) is 0 Å². The first-order chi connectivity index (χ1) is 4.84. The smallest absolute Gasteiger partial charge is 0.0750 e.